The van der Waals surface area contributed by atoms with Crippen LogP contribution >= 0.6 is 0 Å². The van der Waals surface area contributed by atoms with Gasteiger partial charge in [0.05, 0.1) is 0 Å². The third-order valence-corrected chi connectivity index (χ3v) is 4.05. The lowest BCUT2D eigenvalue weighted by Crippen LogP contribution is -1.91. The van der Waals surface area contributed by atoms with E-state index in [9.17, 15) is 0 Å². The molecule has 101 valence electrons. The minimum atomic E-state index is 1.18. The third kappa shape index (κ3) is 2.56. The van der Waals surface area contributed by atoms with E-state index in [0.29, 0.717) is 0 Å². The van der Waals surface area contributed by atoms with E-state index < -0.39 is 0 Å². The van der Waals surface area contributed by atoms with Gasteiger partial charge in [0.25, 0.3) is 0 Å². The van der Waals surface area contributed by atoms with Crippen molar-refractivity contribution in [3.05, 3.63) is 60.2 Å². The van der Waals surface area contributed by atoms with Gasteiger partial charge >= 0.3 is 0 Å². The molecule has 0 heterocycles. The first-order valence-electron chi connectivity index (χ1n) is 7.72. The van der Waals surface area contributed by atoms with Gasteiger partial charge in [-0.3, -0.25) is 0 Å². The molecule has 0 aliphatic rings. The van der Waals surface area contributed by atoms with Gasteiger partial charge in [-0.25, -0.2) is 0 Å². The summed E-state index contributed by atoms with van der Waals surface area (Å²) in [6.45, 7) is 2.27. The van der Waals surface area contributed by atoms with Crippen molar-refractivity contribution in [3.63, 3.8) is 0 Å². The van der Waals surface area contributed by atoms with Gasteiger partial charge in [0.1, 0.15) is 0 Å². The quantitative estimate of drug-likeness (QED) is 0.395. The van der Waals surface area contributed by atoms with E-state index in [1.807, 2.05) is 0 Å². The Morgan fingerprint density at radius 1 is 0.750 bits per heavy atom. The van der Waals surface area contributed by atoms with Crippen molar-refractivity contribution in [2.45, 2.75) is 39.0 Å². The van der Waals surface area contributed by atoms with Crippen molar-refractivity contribution in [1.29, 1.82) is 0 Å². The van der Waals surface area contributed by atoms with Gasteiger partial charge in [0.15, 0.2) is 0 Å². The number of unbranched alkanes of at least 4 members (excludes halogenated alkanes) is 3. The molecule has 0 unspecified atom stereocenters. The van der Waals surface area contributed by atoms with Crippen molar-refractivity contribution in [2.24, 2.45) is 0 Å². The second kappa shape index (κ2) is 6.09. The van der Waals surface area contributed by atoms with Crippen LogP contribution in [0.2, 0.25) is 0 Å². The molecule has 0 aliphatic heterocycles. The van der Waals surface area contributed by atoms with Gasteiger partial charge in [-0.15, -0.1) is 0 Å². The fourth-order valence-corrected chi connectivity index (χ4v) is 3.00. The molecule has 0 spiro atoms. The Morgan fingerprint density at radius 3 is 1.95 bits per heavy atom. The molecule has 0 nitrogen and oxygen atoms in total. The summed E-state index contributed by atoms with van der Waals surface area (Å²) in [7, 11) is 0. The van der Waals surface area contributed by atoms with E-state index in [1.54, 1.807) is 0 Å². The predicted molar refractivity (Wildman–Crippen MR) is 88.1 cm³/mol. The average Bonchev–Trinajstić information content (AvgIpc) is 2.50. The van der Waals surface area contributed by atoms with Crippen molar-refractivity contribution in [2.75, 3.05) is 0 Å². The summed E-state index contributed by atoms with van der Waals surface area (Å²) in [5, 5.41) is 5.25. The number of benzene rings is 3. The highest BCUT2D eigenvalue weighted by molar-refractivity contribution is 6.01. The first-order chi connectivity index (χ1) is 9.90. The Hall–Kier alpha value is -1.82. The van der Waals surface area contributed by atoms with Gasteiger partial charge in [-0.05, 0) is 46.0 Å². The monoisotopic (exact) mass is 261 g/mol. The summed E-state index contributed by atoms with van der Waals surface area (Å²) >= 11 is 0. The van der Waals surface area contributed by atoms with Crippen LogP contribution in [0, 0.1) is 6.07 Å². The normalized spacial score (nSPS) is 11.2. The second-order valence-electron chi connectivity index (χ2n) is 5.51. The van der Waals surface area contributed by atoms with Crippen molar-refractivity contribution >= 4 is 21.5 Å². The number of hydrogen-bond donors (Lipinski definition) is 0. The van der Waals surface area contributed by atoms with Gasteiger partial charge in [0, 0.05) is 0 Å². The molecule has 3 aromatic carbocycles. The van der Waals surface area contributed by atoms with Gasteiger partial charge in [0.2, 0.25) is 0 Å². The lowest BCUT2D eigenvalue weighted by Gasteiger charge is -2.11. The smallest absolute Gasteiger partial charge is 0.00141 e. The van der Waals surface area contributed by atoms with Crippen LogP contribution in [0.25, 0.3) is 21.5 Å². The Bertz CT molecular complexity index is 655. The maximum absolute atomic E-state index is 3.55. The number of hydrogen-bond acceptors (Lipinski definition) is 0. The molecular weight excluding hydrogens is 240 g/mol. The fraction of sp³-hybridized carbons (Fsp3) is 0.300. The Balaban J connectivity index is 2.08. The van der Waals surface area contributed by atoms with E-state index in [0.717, 1.165) is 0 Å². The van der Waals surface area contributed by atoms with Crippen molar-refractivity contribution in [1.82, 2.24) is 0 Å². The van der Waals surface area contributed by atoms with E-state index in [4.69, 9.17) is 0 Å². The molecule has 0 atom stereocenters. The molecule has 3 aromatic rings. The Kier molecular flexibility index (Phi) is 4.01. The van der Waals surface area contributed by atoms with Crippen molar-refractivity contribution in [3.8, 4) is 0 Å². The zero-order valence-electron chi connectivity index (χ0n) is 12.2. The maximum atomic E-state index is 3.55. The Morgan fingerprint density at radius 2 is 1.35 bits per heavy atom. The molecule has 0 heteroatoms. The van der Waals surface area contributed by atoms with Crippen LogP contribution in [0.5, 0.6) is 0 Å². The first-order valence-corrected chi connectivity index (χ1v) is 7.72. The molecule has 3 rings (SSSR count). The Labute approximate surface area is 121 Å². The molecule has 0 aliphatic carbocycles. The second-order valence-corrected chi connectivity index (χ2v) is 5.51. The van der Waals surface area contributed by atoms with E-state index in [2.05, 4.69) is 61.5 Å². The molecule has 0 aromatic heterocycles. The minimum absolute atomic E-state index is 1.18. The summed E-state index contributed by atoms with van der Waals surface area (Å²) < 4.78 is 0. The highest BCUT2D eigenvalue weighted by Gasteiger charge is 2.07. The summed E-state index contributed by atoms with van der Waals surface area (Å²) in [4.78, 5) is 0. The molecule has 0 bridgehead atoms. The lowest BCUT2D eigenvalue weighted by atomic mass is 9.93. The fourth-order valence-electron chi connectivity index (χ4n) is 3.00. The van der Waals surface area contributed by atoms with E-state index >= 15 is 0 Å². The molecule has 0 amide bonds. The molecule has 0 N–H and O–H groups in total. The van der Waals surface area contributed by atoms with Crippen LogP contribution in [-0.4, -0.2) is 0 Å². The van der Waals surface area contributed by atoms with Crippen LogP contribution < -0.4 is 0 Å². The van der Waals surface area contributed by atoms with Crippen LogP contribution in [0.1, 0.15) is 38.2 Å². The topological polar surface area (TPSA) is 0 Å². The van der Waals surface area contributed by atoms with Crippen molar-refractivity contribution < 1.29 is 0 Å². The van der Waals surface area contributed by atoms with Gasteiger partial charge < -0.3 is 0 Å². The minimum Gasteiger partial charge on any atom is -0.0654 e. The highest BCUT2D eigenvalue weighted by Crippen LogP contribution is 2.29. The van der Waals surface area contributed by atoms with Crippen LogP contribution in [0.15, 0.2) is 48.5 Å². The molecule has 0 saturated carbocycles. The van der Waals surface area contributed by atoms with Crippen LogP contribution in [0.4, 0.5) is 0 Å². The first kappa shape index (κ1) is 13.2. The highest BCUT2D eigenvalue weighted by atomic mass is 14.1. The van der Waals surface area contributed by atoms with E-state index in [1.165, 1.54) is 59.2 Å². The number of rotatable bonds is 5. The van der Waals surface area contributed by atoms with Gasteiger partial charge in [-0.2, -0.15) is 0 Å². The molecular formula is C20H21. The number of aryl methyl sites for hydroxylation is 1. The SMILES string of the molecule is CCCCCCc1c2ccccc2[c]c2ccccc12. The molecule has 20 heavy (non-hydrogen) atoms. The van der Waals surface area contributed by atoms with Gasteiger partial charge in [-0.1, -0.05) is 74.7 Å². The largest absolute Gasteiger partial charge is 0.0654 e. The zero-order valence-corrected chi connectivity index (χ0v) is 12.2. The van der Waals surface area contributed by atoms with E-state index in [-0.39, 0.29) is 0 Å². The maximum Gasteiger partial charge on any atom is -0.00141 e. The molecule has 1 radical (unpaired) electrons. The number of fused-ring (bicyclic) bond motifs is 2. The zero-order chi connectivity index (χ0) is 13.8. The summed E-state index contributed by atoms with van der Waals surface area (Å²) in [6.07, 6.45) is 6.43. The molecule has 0 saturated heterocycles. The summed E-state index contributed by atoms with van der Waals surface area (Å²) in [6, 6.07) is 20.9. The third-order valence-electron chi connectivity index (χ3n) is 4.05. The van der Waals surface area contributed by atoms with Crippen LogP contribution in [0.3, 0.4) is 0 Å². The summed E-state index contributed by atoms with van der Waals surface area (Å²) in [5.41, 5.74) is 1.51. The summed E-state index contributed by atoms with van der Waals surface area (Å²) in [5.74, 6) is 0. The molecule has 0 fully saturated rings. The average molecular weight is 261 g/mol. The standard InChI is InChI=1S/C20H21/c1-2-3-4-5-14-20-18-12-8-6-10-16(18)15-17-11-7-9-13-19(17)20/h6-13H,2-5,14H2,1H3. The lowest BCUT2D eigenvalue weighted by molar-refractivity contribution is 0.669. The predicted octanol–water partition coefficient (Wildman–Crippen LogP) is 5.92. The van der Waals surface area contributed by atoms with Crippen LogP contribution in [-0.2, 0) is 6.42 Å².